The van der Waals surface area contributed by atoms with Gasteiger partial charge >= 0.3 is 0 Å². The Morgan fingerprint density at radius 1 is 1.25 bits per heavy atom. The number of nitrogens with zero attached hydrogens (tertiary/aromatic N) is 2. The second kappa shape index (κ2) is 9.68. The van der Waals surface area contributed by atoms with Gasteiger partial charge in [0.2, 0.25) is 0 Å². The van der Waals surface area contributed by atoms with E-state index in [1.807, 2.05) is 24.3 Å². The third-order valence-corrected chi connectivity index (χ3v) is 8.71. The fraction of sp³-hybridized carbons (Fsp3) is 0.455. The van der Waals surface area contributed by atoms with Crippen LogP contribution < -0.4 is 10.6 Å². The van der Waals surface area contributed by atoms with E-state index in [1.54, 1.807) is 18.4 Å². The van der Waals surface area contributed by atoms with Gasteiger partial charge in [-0.25, -0.2) is 8.42 Å². The highest BCUT2D eigenvalue weighted by atomic mass is 32.2. The van der Waals surface area contributed by atoms with E-state index in [0.717, 1.165) is 23.2 Å². The first kappa shape index (κ1) is 22.9. The molecule has 0 spiro atoms. The summed E-state index contributed by atoms with van der Waals surface area (Å²) in [6, 6.07) is 11.2. The van der Waals surface area contributed by atoms with Crippen molar-refractivity contribution in [3.63, 3.8) is 0 Å². The first-order valence-corrected chi connectivity index (χ1v) is 13.4. The minimum Gasteiger partial charge on any atom is -0.468 e. The van der Waals surface area contributed by atoms with E-state index < -0.39 is 9.84 Å². The Hall–Kier alpha value is -2.30. The molecule has 2 unspecified atom stereocenters. The van der Waals surface area contributed by atoms with E-state index in [2.05, 4.69) is 34.4 Å². The number of hydrogen-bond acceptors (Lipinski definition) is 8. The SMILES string of the molecule is CC(C)N(CCNC(=O)c1ccc(NC2=NC3CS(=O)(=O)CC3S2)cc1)Cc1ccco1. The standard InChI is InChI=1S/C22H28N4O4S2/c1-15(2)26(12-18-4-3-11-30-18)10-9-23-21(27)16-5-7-17(8-6-16)24-22-25-19-13-32(28,29)14-20(19)31-22/h3-8,11,15,19-20H,9-10,12-14H2,1-2H3,(H,23,27)(H,24,25). The van der Waals surface area contributed by atoms with Gasteiger partial charge in [-0.05, 0) is 50.2 Å². The van der Waals surface area contributed by atoms with Gasteiger partial charge in [-0.15, -0.1) is 0 Å². The van der Waals surface area contributed by atoms with E-state index >= 15 is 0 Å². The van der Waals surface area contributed by atoms with Crippen LogP contribution >= 0.6 is 11.8 Å². The molecule has 0 saturated carbocycles. The molecule has 1 amide bonds. The molecule has 4 rings (SSSR count). The number of rotatable bonds is 8. The van der Waals surface area contributed by atoms with Crippen molar-refractivity contribution in [3.8, 4) is 0 Å². The van der Waals surface area contributed by atoms with Gasteiger partial charge in [-0.3, -0.25) is 14.7 Å². The molecule has 3 heterocycles. The Morgan fingerprint density at radius 2 is 2.03 bits per heavy atom. The van der Waals surface area contributed by atoms with Gasteiger partial charge in [-0.1, -0.05) is 11.8 Å². The predicted molar refractivity (Wildman–Crippen MR) is 128 cm³/mol. The Labute approximate surface area is 192 Å². The average molecular weight is 477 g/mol. The van der Waals surface area contributed by atoms with Gasteiger partial charge in [-0.2, -0.15) is 0 Å². The maximum Gasteiger partial charge on any atom is 0.251 e. The lowest BCUT2D eigenvalue weighted by molar-refractivity contribution is 0.0943. The molecular weight excluding hydrogens is 448 g/mol. The van der Waals surface area contributed by atoms with Gasteiger partial charge in [0.25, 0.3) is 5.91 Å². The summed E-state index contributed by atoms with van der Waals surface area (Å²) in [6.45, 7) is 6.21. The van der Waals surface area contributed by atoms with Crippen LogP contribution in [0, 0.1) is 0 Å². The molecule has 1 aromatic heterocycles. The molecule has 10 heteroatoms. The lowest BCUT2D eigenvalue weighted by Crippen LogP contribution is -2.38. The van der Waals surface area contributed by atoms with Crippen molar-refractivity contribution in [1.29, 1.82) is 0 Å². The Kier molecular flexibility index (Phi) is 6.92. The minimum absolute atomic E-state index is 0.00532. The van der Waals surface area contributed by atoms with Gasteiger partial charge in [0, 0.05) is 35.6 Å². The molecule has 1 aromatic carbocycles. The third-order valence-electron chi connectivity index (χ3n) is 5.57. The normalized spacial score (nSPS) is 21.6. The first-order chi connectivity index (χ1) is 15.3. The maximum absolute atomic E-state index is 12.5. The van der Waals surface area contributed by atoms with Crippen molar-refractivity contribution in [2.24, 2.45) is 4.99 Å². The number of amidine groups is 1. The number of carbonyl (C=O) groups is 1. The van der Waals surface area contributed by atoms with Crippen LogP contribution in [-0.2, 0) is 16.4 Å². The van der Waals surface area contributed by atoms with Crippen LogP contribution in [0.25, 0.3) is 0 Å². The average Bonchev–Trinajstić information content (AvgIpc) is 3.42. The summed E-state index contributed by atoms with van der Waals surface area (Å²) < 4.78 is 28.8. The highest BCUT2D eigenvalue weighted by Gasteiger charge is 2.42. The van der Waals surface area contributed by atoms with E-state index in [1.165, 1.54) is 11.8 Å². The molecule has 172 valence electrons. The summed E-state index contributed by atoms with van der Waals surface area (Å²) in [4.78, 5) is 19.2. The molecule has 0 bridgehead atoms. The monoisotopic (exact) mass is 476 g/mol. The Balaban J connectivity index is 1.25. The molecular formula is C22H28N4O4S2. The highest BCUT2D eigenvalue weighted by molar-refractivity contribution is 8.15. The van der Waals surface area contributed by atoms with Crippen LogP contribution in [0.15, 0.2) is 52.1 Å². The largest absolute Gasteiger partial charge is 0.468 e. The summed E-state index contributed by atoms with van der Waals surface area (Å²) in [5, 5.41) is 6.94. The smallest absolute Gasteiger partial charge is 0.251 e. The molecule has 2 aliphatic heterocycles. The molecule has 0 aliphatic carbocycles. The van der Waals surface area contributed by atoms with Crippen molar-refractivity contribution in [2.75, 3.05) is 29.9 Å². The quantitative estimate of drug-likeness (QED) is 0.603. The van der Waals surface area contributed by atoms with E-state index in [0.29, 0.717) is 24.7 Å². The van der Waals surface area contributed by atoms with Crippen LogP contribution in [0.4, 0.5) is 5.69 Å². The van der Waals surface area contributed by atoms with Crippen molar-refractivity contribution < 1.29 is 17.6 Å². The van der Waals surface area contributed by atoms with Crippen LogP contribution in [0.5, 0.6) is 0 Å². The number of furan rings is 1. The zero-order chi connectivity index (χ0) is 22.7. The minimum atomic E-state index is -2.96. The van der Waals surface area contributed by atoms with Gasteiger partial charge in [0.1, 0.15) is 5.76 Å². The van der Waals surface area contributed by atoms with Crippen molar-refractivity contribution in [1.82, 2.24) is 10.2 Å². The number of aliphatic imine (C=N–C) groups is 1. The van der Waals surface area contributed by atoms with Gasteiger partial charge < -0.3 is 15.1 Å². The zero-order valence-electron chi connectivity index (χ0n) is 18.2. The van der Waals surface area contributed by atoms with E-state index in [4.69, 9.17) is 4.42 Å². The number of nitrogens with one attached hydrogen (secondary N) is 2. The van der Waals surface area contributed by atoms with Crippen LogP contribution in [0.3, 0.4) is 0 Å². The Bertz CT molecular complexity index is 1070. The maximum atomic E-state index is 12.5. The second-order valence-corrected chi connectivity index (χ2v) is 11.7. The number of thioether (sulfide) groups is 1. The molecule has 1 saturated heterocycles. The first-order valence-electron chi connectivity index (χ1n) is 10.7. The molecule has 2 aromatic rings. The number of hydrogen-bond donors (Lipinski definition) is 2. The summed E-state index contributed by atoms with van der Waals surface area (Å²) in [5.41, 5.74) is 1.40. The number of sulfone groups is 1. The van der Waals surface area contributed by atoms with Crippen molar-refractivity contribution in [3.05, 3.63) is 54.0 Å². The molecule has 2 atom stereocenters. The van der Waals surface area contributed by atoms with Gasteiger partial charge in [0.05, 0.1) is 30.4 Å². The molecule has 2 N–H and O–H groups in total. The van der Waals surface area contributed by atoms with Crippen molar-refractivity contribution >= 4 is 38.4 Å². The molecule has 8 nitrogen and oxygen atoms in total. The number of benzene rings is 1. The van der Waals surface area contributed by atoms with Gasteiger partial charge in [0.15, 0.2) is 15.0 Å². The predicted octanol–water partition coefficient (Wildman–Crippen LogP) is 2.60. The number of carbonyl (C=O) groups excluding carboxylic acids is 1. The molecule has 1 fully saturated rings. The lowest BCUT2D eigenvalue weighted by atomic mass is 10.2. The summed E-state index contributed by atoms with van der Waals surface area (Å²) >= 11 is 1.48. The third kappa shape index (κ3) is 5.73. The van der Waals surface area contributed by atoms with E-state index in [9.17, 15) is 13.2 Å². The molecule has 2 aliphatic rings. The van der Waals surface area contributed by atoms with Crippen LogP contribution in [0.1, 0.15) is 30.0 Å². The summed E-state index contributed by atoms with van der Waals surface area (Å²) in [5.74, 6) is 1.10. The number of amides is 1. The highest BCUT2D eigenvalue weighted by Crippen LogP contribution is 2.34. The number of fused-ring (bicyclic) bond motifs is 1. The van der Waals surface area contributed by atoms with Crippen LogP contribution in [-0.4, -0.2) is 66.3 Å². The summed E-state index contributed by atoms with van der Waals surface area (Å²) in [7, 11) is -2.96. The molecule has 0 radical (unpaired) electrons. The molecule has 32 heavy (non-hydrogen) atoms. The summed E-state index contributed by atoms with van der Waals surface area (Å²) in [6.07, 6.45) is 1.67. The zero-order valence-corrected chi connectivity index (χ0v) is 19.8. The fourth-order valence-corrected chi connectivity index (χ4v) is 7.46. The Morgan fingerprint density at radius 3 is 2.69 bits per heavy atom. The topological polar surface area (TPSA) is 104 Å². The lowest BCUT2D eigenvalue weighted by Gasteiger charge is -2.25. The fourth-order valence-electron chi connectivity index (χ4n) is 3.78. The van der Waals surface area contributed by atoms with Crippen molar-refractivity contribution in [2.45, 2.75) is 37.7 Å². The van der Waals surface area contributed by atoms with Crippen LogP contribution in [0.2, 0.25) is 0 Å². The number of anilines is 1. The second-order valence-electron chi connectivity index (χ2n) is 8.34. The van der Waals surface area contributed by atoms with E-state index in [-0.39, 0.29) is 28.7 Å².